The summed E-state index contributed by atoms with van der Waals surface area (Å²) in [7, 11) is 0. The molecule has 0 amide bonds. The third-order valence-electron chi connectivity index (χ3n) is 5.33. The zero-order valence-electron chi connectivity index (χ0n) is 17.2. The molecule has 6 heteroatoms. The van der Waals surface area contributed by atoms with Gasteiger partial charge in [-0.25, -0.2) is 9.18 Å². The van der Waals surface area contributed by atoms with Gasteiger partial charge in [-0.05, 0) is 47.6 Å². The van der Waals surface area contributed by atoms with Crippen molar-refractivity contribution in [1.82, 2.24) is 0 Å². The Labute approximate surface area is 175 Å². The quantitative estimate of drug-likeness (QED) is 0.606. The Morgan fingerprint density at radius 2 is 1.79 bits per heavy atom. The highest BCUT2D eigenvalue weighted by atomic mass is 35.5. The van der Waals surface area contributed by atoms with E-state index in [0.29, 0.717) is 11.1 Å². The summed E-state index contributed by atoms with van der Waals surface area (Å²) in [4.78, 5) is 24.5. The van der Waals surface area contributed by atoms with Gasteiger partial charge < -0.3 is 10.2 Å². The number of benzene rings is 1. The molecule has 1 aliphatic rings. The standard InChI is InChI=1S/C23H26ClFO4/c1-12(2)15-11-23(5,22(28)29)16(20(21(26)27)19(15)13(3)4)8-6-14-7-9-17(24)18(25)10-14/h6-13,16H,1-5H3,(H,26,27)(H,28,29). The molecule has 4 nitrogen and oxygen atoms in total. The summed E-state index contributed by atoms with van der Waals surface area (Å²) < 4.78 is 13.8. The lowest BCUT2D eigenvalue weighted by Crippen LogP contribution is -2.40. The minimum Gasteiger partial charge on any atom is -0.481 e. The fourth-order valence-corrected chi connectivity index (χ4v) is 3.92. The Hall–Kier alpha value is -2.40. The third-order valence-corrected chi connectivity index (χ3v) is 5.64. The van der Waals surface area contributed by atoms with Crippen LogP contribution in [0.3, 0.4) is 0 Å². The van der Waals surface area contributed by atoms with Crippen molar-refractivity contribution in [1.29, 1.82) is 0 Å². The number of hydrogen-bond donors (Lipinski definition) is 2. The van der Waals surface area contributed by atoms with E-state index < -0.39 is 29.1 Å². The zero-order valence-corrected chi connectivity index (χ0v) is 17.9. The van der Waals surface area contributed by atoms with Gasteiger partial charge in [-0.2, -0.15) is 0 Å². The molecule has 0 aliphatic heterocycles. The number of carbonyl (C=O) groups is 2. The molecule has 0 fully saturated rings. The topological polar surface area (TPSA) is 74.6 Å². The number of carboxylic acid groups (broad SMARTS) is 2. The first-order valence-electron chi connectivity index (χ1n) is 9.47. The van der Waals surface area contributed by atoms with E-state index in [-0.39, 0.29) is 22.4 Å². The largest absolute Gasteiger partial charge is 0.481 e. The van der Waals surface area contributed by atoms with Gasteiger partial charge in [0.05, 0.1) is 10.4 Å². The molecule has 0 spiro atoms. The molecule has 2 rings (SSSR count). The monoisotopic (exact) mass is 420 g/mol. The molecule has 2 unspecified atom stereocenters. The van der Waals surface area contributed by atoms with E-state index in [9.17, 15) is 24.2 Å². The second-order valence-electron chi connectivity index (χ2n) is 8.14. The van der Waals surface area contributed by atoms with Gasteiger partial charge in [0.2, 0.25) is 0 Å². The van der Waals surface area contributed by atoms with Crippen molar-refractivity contribution in [3.8, 4) is 0 Å². The molecular formula is C23H26ClFO4. The number of hydrogen-bond acceptors (Lipinski definition) is 2. The Kier molecular flexibility index (Phi) is 6.74. The SMILES string of the molecule is CC(C)C1=CC(C)(C(=O)O)C(C=Cc2ccc(Cl)c(F)c2)C(C(=O)O)=C1C(C)C. The van der Waals surface area contributed by atoms with Crippen LogP contribution in [0.2, 0.25) is 5.02 Å². The molecule has 0 radical (unpaired) electrons. The average molecular weight is 421 g/mol. The summed E-state index contributed by atoms with van der Waals surface area (Å²) in [6.45, 7) is 9.15. The minimum atomic E-state index is -1.45. The highest BCUT2D eigenvalue weighted by Crippen LogP contribution is 2.47. The number of allylic oxidation sites excluding steroid dienone is 3. The van der Waals surface area contributed by atoms with Crippen molar-refractivity contribution < 1.29 is 24.2 Å². The normalized spacial score (nSPS) is 22.5. The average Bonchev–Trinajstić information content (AvgIpc) is 2.61. The lowest BCUT2D eigenvalue weighted by Gasteiger charge is -2.39. The molecule has 0 saturated carbocycles. The van der Waals surface area contributed by atoms with Gasteiger partial charge in [-0.15, -0.1) is 0 Å². The highest BCUT2D eigenvalue weighted by molar-refractivity contribution is 6.30. The Morgan fingerprint density at radius 3 is 2.24 bits per heavy atom. The van der Waals surface area contributed by atoms with Crippen LogP contribution in [0.25, 0.3) is 6.08 Å². The van der Waals surface area contributed by atoms with Crippen LogP contribution in [0.4, 0.5) is 4.39 Å². The van der Waals surface area contributed by atoms with Crippen molar-refractivity contribution >= 4 is 29.6 Å². The molecule has 0 bridgehead atoms. The summed E-state index contributed by atoms with van der Waals surface area (Å²) in [5, 5.41) is 20.0. The molecule has 0 aromatic heterocycles. The van der Waals surface area contributed by atoms with E-state index in [1.807, 2.05) is 27.7 Å². The van der Waals surface area contributed by atoms with Crippen LogP contribution in [-0.2, 0) is 9.59 Å². The van der Waals surface area contributed by atoms with E-state index in [2.05, 4.69) is 0 Å². The molecule has 0 saturated heterocycles. The van der Waals surface area contributed by atoms with Crippen molar-refractivity contribution in [2.75, 3.05) is 0 Å². The van der Waals surface area contributed by atoms with Gasteiger partial charge in [0.1, 0.15) is 5.82 Å². The van der Waals surface area contributed by atoms with E-state index in [1.165, 1.54) is 25.1 Å². The van der Waals surface area contributed by atoms with Gasteiger partial charge in [0.15, 0.2) is 0 Å². The van der Waals surface area contributed by atoms with Crippen molar-refractivity contribution in [2.45, 2.75) is 34.6 Å². The van der Waals surface area contributed by atoms with Crippen molar-refractivity contribution in [2.24, 2.45) is 23.2 Å². The van der Waals surface area contributed by atoms with Gasteiger partial charge in [0, 0.05) is 11.5 Å². The third kappa shape index (κ3) is 4.45. The van der Waals surface area contributed by atoms with Crippen LogP contribution in [0.15, 0.2) is 47.1 Å². The van der Waals surface area contributed by atoms with Gasteiger partial charge in [0.25, 0.3) is 0 Å². The minimum absolute atomic E-state index is 0.0204. The summed E-state index contributed by atoms with van der Waals surface area (Å²) >= 11 is 5.71. The predicted molar refractivity (Wildman–Crippen MR) is 112 cm³/mol. The van der Waals surface area contributed by atoms with Crippen molar-refractivity contribution in [3.63, 3.8) is 0 Å². The molecule has 1 aromatic carbocycles. The van der Waals surface area contributed by atoms with Crippen LogP contribution in [-0.4, -0.2) is 22.2 Å². The second-order valence-corrected chi connectivity index (χ2v) is 8.55. The van der Waals surface area contributed by atoms with Crippen LogP contribution in [0, 0.1) is 29.0 Å². The van der Waals surface area contributed by atoms with E-state index in [4.69, 9.17) is 11.6 Å². The molecule has 1 aromatic rings. The molecule has 29 heavy (non-hydrogen) atoms. The maximum Gasteiger partial charge on any atom is 0.332 e. The number of halogens is 2. The van der Waals surface area contributed by atoms with Crippen LogP contribution in [0.5, 0.6) is 0 Å². The Bertz CT molecular complexity index is 927. The lowest BCUT2D eigenvalue weighted by atomic mass is 9.63. The fraction of sp³-hybridized carbons (Fsp3) is 0.391. The first-order valence-corrected chi connectivity index (χ1v) is 9.85. The first kappa shape index (κ1) is 22.9. The molecule has 0 heterocycles. The smallest absolute Gasteiger partial charge is 0.332 e. The molecular weight excluding hydrogens is 395 g/mol. The highest BCUT2D eigenvalue weighted by Gasteiger charge is 2.47. The summed E-state index contributed by atoms with van der Waals surface area (Å²) in [6.07, 6.45) is 4.76. The van der Waals surface area contributed by atoms with Gasteiger partial charge >= 0.3 is 11.9 Å². The number of rotatable bonds is 6. The first-order chi connectivity index (χ1) is 13.4. The van der Waals surface area contributed by atoms with Crippen molar-refractivity contribution in [3.05, 3.63) is 63.5 Å². The van der Waals surface area contributed by atoms with Crippen LogP contribution in [0.1, 0.15) is 40.2 Å². The van der Waals surface area contributed by atoms with Crippen LogP contribution >= 0.6 is 11.6 Å². The molecule has 2 N–H and O–H groups in total. The second kappa shape index (κ2) is 8.54. The summed E-state index contributed by atoms with van der Waals surface area (Å²) in [6, 6.07) is 4.21. The maximum atomic E-state index is 13.8. The van der Waals surface area contributed by atoms with Gasteiger partial charge in [-0.1, -0.05) is 63.6 Å². The van der Waals surface area contributed by atoms with E-state index >= 15 is 0 Å². The summed E-state index contributed by atoms with van der Waals surface area (Å²) in [5.41, 5.74) is 0.483. The predicted octanol–water partition coefficient (Wildman–Crippen LogP) is 5.83. The molecule has 156 valence electrons. The van der Waals surface area contributed by atoms with Crippen LogP contribution < -0.4 is 0 Å². The number of carboxylic acids is 2. The lowest BCUT2D eigenvalue weighted by molar-refractivity contribution is -0.147. The van der Waals surface area contributed by atoms with E-state index in [0.717, 1.165) is 5.57 Å². The van der Waals surface area contributed by atoms with E-state index in [1.54, 1.807) is 18.2 Å². The van der Waals surface area contributed by atoms with Gasteiger partial charge in [-0.3, -0.25) is 4.79 Å². The Balaban J connectivity index is 2.73. The fourth-order valence-electron chi connectivity index (χ4n) is 3.80. The zero-order chi connectivity index (χ0) is 22.1. The maximum absolute atomic E-state index is 13.8. The molecule has 2 atom stereocenters. The molecule has 1 aliphatic carbocycles. The summed E-state index contributed by atoms with van der Waals surface area (Å²) in [5.74, 6) is -3.92. The Morgan fingerprint density at radius 1 is 1.17 bits per heavy atom. The number of aliphatic carboxylic acids is 2.